The van der Waals surface area contributed by atoms with E-state index in [2.05, 4.69) is 0 Å². The number of carbonyl (C=O) groups excluding carboxylic acids is 1. The van der Waals surface area contributed by atoms with Crippen LogP contribution in [0.4, 0.5) is 0 Å². The molecule has 0 saturated carbocycles. The highest BCUT2D eigenvalue weighted by Gasteiger charge is 2.16. The van der Waals surface area contributed by atoms with Gasteiger partial charge in [0.25, 0.3) is 0 Å². The summed E-state index contributed by atoms with van der Waals surface area (Å²) >= 11 is 0. The lowest BCUT2D eigenvalue weighted by Crippen LogP contribution is -2.08. The van der Waals surface area contributed by atoms with Gasteiger partial charge in [0, 0.05) is 6.07 Å². The van der Waals surface area contributed by atoms with Crippen molar-refractivity contribution in [2.75, 3.05) is 6.61 Å². The molecule has 0 saturated heterocycles. The molecule has 0 aromatic heterocycles. The Morgan fingerprint density at radius 2 is 2.07 bits per heavy atom. The molecule has 0 spiro atoms. The molecule has 2 N–H and O–H groups in total. The first-order chi connectivity index (χ1) is 7.06. The largest absolute Gasteiger partial charge is 0.508 e. The summed E-state index contributed by atoms with van der Waals surface area (Å²) in [5, 5.41) is 18.6. The van der Waals surface area contributed by atoms with Crippen LogP contribution in [0.25, 0.3) is 0 Å². The fraction of sp³-hybridized carbons (Fsp3) is 0.364. The molecule has 0 bridgehead atoms. The van der Waals surface area contributed by atoms with Crippen LogP contribution < -0.4 is 0 Å². The van der Waals surface area contributed by atoms with Crippen molar-refractivity contribution in [1.82, 2.24) is 0 Å². The highest BCUT2D eigenvalue weighted by Crippen LogP contribution is 2.27. The van der Waals surface area contributed by atoms with Gasteiger partial charge < -0.3 is 14.9 Å². The van der Waals surface area contributed by atoms with Crippen molar-refractivity contribution in [3.05, 3.63) is 23.3 Å². The van der Waals surface area contributed by atoms with Crippen molar-refractivity contribution >= 4 is 5.97 Å². The Morgan fingerprint density at radius 1 is 1.40 bits per heavy atom. The summed E-state index contributed by atoms with van der Waals surface area (Å²) in [6, 6.07) is 2.53. The number of phenolic OH excluding ortho intramolecular Hbond substituents is 2. The zero-order valence-corrected chi connectivity index (χ0v) is 8.78. The van der Waals surface area contributed by atoms with Crippen LogP contribution in [0.5, 0.6) is 11.5 Å². The van der Waals surface area contributed by atoms with E-state index < -0.39 is 5.97 Å². The summed E-state index contributed by atoms with van der Waals surface area (Å²) < 4.78 is 4.90. The van der Waals surface area contributed by atoms with Gasteiger partial charge in [-0.25, -0.2) is 4.79 Å². The van der Waals surface area contributed by atoms with E-state index in [4.69, 9.17) is 9.84 Å². The van der Waals surface area contributed by atoms with E-state index in [0.717, 1.165) is 12.5 Å². The maximum absolute atomic E-state index is 11.5. The molecule has 15 heavy (non-hydrogen) atoms. The summed E-state index contributed by atoms with van der Waals surface area (Å²) in [5.74, 6) is -0.891. The van der Waals surface area contributed by atoms with Gasteiger partial charge in [0.1, 0.15) is 17.1 Å². The molecule has 0 amide bonds. The Morgan fingerprint density at radius 3 is 2.60 bits per heavy atom. The summed E-state index contributed by atoms with van der Waals surface area (Å²) in [6.07, 6.45) is 0.726. The van der Waals surface area contributed by atoms with Crippen molar-refractivity contribution in [3.8, 4) is 11.5 Å². The number of benzene rings is 1. The predicted octanol–water partition coefficient (Wildman–Crippen LogP) is 1.97. The van der Waals surface area contributed by atoms with Crippen molar-refractivity contribution in [2.45, 2.75) is 20.3 Å². The number of hydrogen-bond donors (Lipinski definition) is 2. The van der Waals surface area contributed by atoms with Gasteiger partial charge in [0.2, 0.25) is 0 Å². The second-order valence-electron chi connectivity index (χ2n) is 3.29. The van der Waals surface area contributed by atoms with Crippen LogP contribution in [0.15, 0.2) is 12.1 Å². The first-order valence-corrected chi connectivity index (χ1v) is 4.76. The van der Waals surface area contributed by atoms with Gasteiger partial charge in [-0.2, -0.15) is 0 Å². The monoisotopic (exact) mass is 210 g/mol. The van der Waals surface area contributed by atoms with E-state index in [9.17, 15) is 9.90 Å². The van der Waals surface area contributed by atoms with E-state index >= 15 is 0 Å². The second-order valence-corrected chi connectivity index (χ2v) is 3.29. The van der Waals surface area contributed by atoms with Crippen molar-refractivity contribution in [3.63, 3.8) is 0 Å². The third kappa shape index (κ3) is 2.62. The Kier molecular flexibility index (Phi) is 3.55. The lowest BCUT2D eigenvalue weighted by atomic mass is 10.1. The Balaban J connectivity index is 2.98. The number of hydrogen-bond acceptors (Lipinski definition) is 4. The van der Waals surface area contributed by atoms with Gasteiger partial charge in [-0.05, 0) is 25.0 Å². The van der Waals surface area contributed by atoms with Gasteiger partial charge in [-0.3, -0.25) is 0 Å². The van der Waals surface area contributed by atoms with E-state index in [1.807, 2.05) is 6.92 Å². The van der Waals surface area contributed by atoms with Crippen LogP contribution in [-0.4, -0.2) is 22.8 Å². The maximum atomic E-state index is 11.5. The van der Waals surface area contributed by atoms with Crippen LogP contribution in [0, 0.1) is 6.92 Å². The molecule has 0 heterocycles. The van der Waals surface area contributed by atoms with Gasteiger partial charge in [0.15, 0.2) is 0 Å². The highest BCUT2D eigenvalue weighted by molar-refractivity contribution is 5.94. The fourth-order valence-corrected chi connectivity index (χ4v) is 1.28. The lowest BCUT2D eigenvalue weighted by molar-refractivity contribution is 0.0501. The number of esters is 1. The zero-order valence-electron chi connectivity index (χ0n) is 8.78. The maximum Gasteiger partial charge on any atom is 0.342 e. The molecule has 0 unspecified atom stereocenters. The van der Waals surface area contributed by atoms with Crippen LogP contribution >= 0.6 is 0 Å². The average molecular weight is 210 g/mol. The van der Waals surface area contributed by atoms with Gasteiger partial charge in [-0.1, -0.05) is 6.92 Å². The first kappa shape index (κ1) is 11.4. The van der Waals surface area contributed by atoms with Crippen LogP contribution in [0.2, 0.25) is 0 Å². The predicted molar refractivity (Wildman–Crippen MR) is 55.1 cm³/mol. The van der Waals surface area contributed by atoms with Crippen molar-refractivity contribution in [2.24, 2.45) is 0 Å². The number of aryl methyl sites for hydroxylation is 1. The van der Waals surface area contributed by atoms with Crippen molar-refractivity contribution < 1.29 is 19.7 Å². The molecule has 4 nitrogen and oxygen atoms in total. The Labute approximate surface area is 88.1 Å². The fourth-order valence-electron chi connectivity index (χ4n) is 1.28. The summed E-state index contributed by atoms with van der Waals surface area (Å²) in [4.78, 5) is 11.5. The van der Waals surface area contributed by atoms with Crippen LogP contribution in [-0.2, 0) is 4.74 Å². The molecule has 0 atom stereocenters. The molecule has 82 valence electrons. The molecule has 0 aliphatic carbocycles. The minimum atomic E-state index is -0.563. The molecule has 0 aliphatic rings. The van der Waals surface area contributed by atoms with Crippen LogP contribution in [0.1, 0.15) is 29.3 Å². The standard InChI is InChI=1S/C11H14O4/c1-3-4-15-11(14)10-7(2)5-8(12)6-9(10)13/h5-6,12-13H,3-4H2,1-2H3. The molecule has 0 fully saturated rings. The molecular weight excluding hydrogens is 196 g/mol. The van der Waals surface area contributed by atoms with Crippen LogP contribution in [0.3, 0.4) is 0 Å². The minimum Gasteiger partial charge on any atom is -0.508 e. The Hall–Kier alpha value is -1.71. The SMILES string of the molecule is CCCOC(=O)c1c(C)cc(O)cc1O. The summed E-state index contributed by atoms with van der Waals surface area (Å²) in [7, 11) is 0. The topological polar surface area (TPSA) is 66.8 Å². The van der Waals surface area contributed by atoms with Gasteiger partial charge >= 0.3 is 5.97 Å². The molecule has 4 heteroatoms. The van der Waals surface area contributed by atoms with E-state index in [0.29, 0.717) is 12.2 Å². The van der Waals surface area contributed by atoms with E-state index in [1.165, 1.54) is 6.07 Å². The highest BCUT2D eigenvalue weighted by atomic mass is 16.5. The minimum absolute atomic E-state index is 0.0722. The number of carbonyl (C=O) groups is 1. The van der Waals surface area contributed by atoms with Gasteiger partial charge in [-0.15, -0.1) is 0 Å². The summed E-state index contributed by atoms with van der Waals surface area (Å²) in [5.41, 5.74) is 0.606. The molecule has 0 aliphatic heterocycles. The number of ether oxygens (including phenoxy) is 1. The zero-order chi connectivity index (χ0) is 11.4. The number of aromatic hydroxyl groups is 2. The van der Waals surface area contributed by atoms with E-state index in [1.54, 1.807) is 6.92 Å². The third-order valence-corrected chi connectivity index (χ3v) is 1.94. The summed E-state index contributed by atoms with van der Waals surface area (Å²) in [6.45, 7) is 3.83. The van der Waals surface area contributed by atoms with Gasteiger partial charge in [0.05, 0.1) is 6.61 Å². The number of phenols is 2. The molecule has 1 aromatic rings. The smallest absolute Gasteiger partial charge is 0.342 e. The normalized spacial score (nSPS) is 10.0. The molecule has 1 rings (SSSR count). The number of rotatable bonds is 3. The third-order valence-electron chi connectivity index (χ3n) is 1.94. The van der Waals surface area contributed by atoms with E-state index in [-0.39, 0.29) is 17.1 Å². The first-order valence-electron chi connectivity index (χ1n) is 4.76. The molecular formula is C11H14O4. The van der Waals surface area contributed by atoms with Crippen molar-refractivity contribution in [1.29, 1.82) is 0 Å². The molecule has 0 radical (unpaired) electrons. The quantitative estimate of drug-likeness (QED) is 0.748. The Bertz CT molecular complexity index is 348. The lowest BCUT2D eigenvalue weighted by Gasteiger charge is -2.08. The second kappa shape index (κ2) is 4.68. The average Bonchev–Trinajstić information content (AvgIpc) is 2.12. The molecule has 1 aromatic carbocycles.